The lowest BCUT2D eigenvalue weighted by Crippen LogP contribution is -2.31. The Labute approximate surface area is 230 Å². The minimum atomic E-state index is -0.485. The number of nitrogens with zero attached hydrogens (tertiary/aromatic N) is 3. The summed E-state index contributed by atoms with van der Waals surface area (Å²) in [6, 6.07) is 20.6. The van der Waals surface area contributed by atoms with Crippen molar-refractivity contribution in [2.24, 2.45) is 0 Å². The van der Waals surface area contributed by atoms with E-state index in [-0.39, 0.29) is 5.91 Å². The minimum Gasteiger partial charge on any atom is -0.328 e. The summed E-state index contributed by atoms with van der Waals surface area (Å²) in [5.74, 6) is 0.994. The molecule has 0 radical (unpaired) electrons. The predicted molar refractivity (Wildman–Crippen MR) is 151 cm³/mol. The molecule has 0 bridgehead atoms. The highest BCUT2D eigenvalue weighted by molar-refractivity contribution is 7.98. The molecule has 2 heterocycles. The second-order valence-corrected chi connectivity index (χ2v) is 10.6. The van der Waals surface area contributed by atoms with Crippen LogP contribution in [-0.2, 0) is 10.5 Å². The van der Waals surface area contributed by atoms with Crippen LogP contribution in [0.1, 0.15) is 35.2 Å². The molecule has 1 aromatic heterocycles. The van der Waals surface area contributed by atoms with Crippen LogP contribution in [0.3, 0.4) is 0 Å². The number of allylic oxidation sites excluding steroid dienone is 1. The van der Waals surface area contributed by atoms with Crippen LogP contribution >= 0.6 is 35.0 Å². The molecular formula is C28H25Cl2N5OS. The van der Waals surface area contributed by atoms with E-state index in [0.29, 0.717) is 38.2 Å². The Hall–Kier alpha value is -3.26. The van der Waals surface area contributed by atoms with Crippen LogP contribution in [0.15, 0.2) is 83.2 Å². The third kappa shape index (κ3) is 5.25. The molecule has 1 unspecified atom stereocenters. The molecule has 2 N–H and O–H groups in total. The van der Waals surface area contributed by atoms with E-state index in [1.54, 1.807) is 4.68 Å². The predicted octanol–water partition coefficient (Wildman–Crippen LogP) is 7.42. The Morgan fingerprint density at radius 2 is 1.78 bits per heavy atom. The smallest absolute Gasteiger partial charge is 0.255 e. The minimum absolute atomic E-state index is 0.204. The summed E-state index contributed by atoms with van der Waals surface area (Å²) >= 11 is 14.0. The molecule has 0 fully saturated rings. The number of aromatic nitrogens is 3. The van der Waals surface area contributed by atoms with Crippen molar-refractivity contribution in [2.45, 2.75) is 37.7 Å². The van der Waals surface area contributed by atoms with Crippen molar-refractivity contribution in [3.05, 3.63) is 110 Å². The zero-order valence-electron chi connectivity index (χ0n) is 20.5. The molecule has 1 aliphatic heterocycles. The maximum absolute atomic E-state index is 13.7. The van der Waals surface area contributed by atoms with Crippen LogP contribution in [-0.4, -0.2) is 20.7 Å². The Bertz CT molecular complexity index is 1510. The molecule has 5 rings (SSSR count). The topological polar surface area (TPSA) is 71.8 Å². The summed E-state index contributed by atoms with van der Waals surface area (Å²) in [7, 11) is 0. The summed E-state index contributed by atoms with van der Waals surface area (Å²) in [6.07, 6.45) is 0. The number of aryl methyl sites for hydroxylation is 1. The molecule has 0 spiro atoms. The summed E-state index contributed by atoms with van der Waals surface area (Å²) in [5.41, 5.74) is 6.07. The number of rotatable bonds is 6. The summed E-state index contributed by atoms with van der Waals surface area (Å²) < 4.78 is 1.77. The lowest BCUT2D eigenvalue weighted by Gasteiger charge is -2.29. The monoisotopic (exact) mass is 549 g/mol. The van der Waals surface area contributed by atoms with Gasteiger partial charge in [-0.3, -0.25) is 4.79 Å². The third-order valence-corrected chi connectivity index (χ3v) is 7.94. The van der Waals surface area contributed by atoms with Gasteiger partial charge in [0.25, 0.3) is 5.91 Å². The largest absolute Gasteiger partial charge is 0.328 e. The number of anilines is 2. The Morgan fingerprint density at radius 3 is 2.54 bits per heavy atom. The molecule has 3 aromatic carbocycles. The van der Waals surface area contributed by atoms with Gasteiger partial charge in [-0.1, -0.05) is 77.4 Å². The number of halogens is 2. The average molecular weight is 551 g/mol. The van der Waals surface area contributed by atoms with Gasteiger partial charge >= 0.3 is 0 Å². The molecule has 37 heavy (non-hydrogen) atoms. The van der Waals surface area contributed by atoms with Crippen LogP contribution in [0.2, 0.25) is 10.0 Å². The fourth-order valence-corrected chi connectivity index (χ4v) is 5.51. The van der Waals surface area contributed by atoms with E-state index in [0.717, 1.165) is 27.9 Å². The van der Waals surface area contributed by atoms with E-state index in [9.17, 15) is 4.79 Å². The fourth-order valence-electron chi connectivity index (χ4n) is 4.27. The third-order valence-electron chi connectivity index (χ3n) is 6.43. The van der Waals surface area contributed by atoms with Gasteiger partial charge < -0.3 is 10.6 Å². The van der Waals surface area contributed by atoms with Crippen LogP contribution in [0.5, 0.6) is 0 Å². The van der Waals surface area contributed by atoms with Crippen LogP contribution in [0.25, 0.3) is 0 Å². The molecule has 0 aliphatic carbocycles. The Morgan fingerprint density at radius 1 is 1.03 bits per heavy atom. The molecule has 1 aliphatic rings. The molecule has 9 heteroatoms. The van der Waals surface area contributed by atoms with Gasteiger partial charge in [0, 0.05) is 27.2 Å². The number of carbonyl (C=O) groups is 1. The van der Waals surface area contributed by atoms with E-state index in [1.165, 1.54) is 11.8 Å². The Balaban J connectivity index is 1.50. The highest BCUT2D eigenvalue weighted by Crippen LogP contribution is 2.38. The number of amides is 1. The van der Waals surface area contributed by atoms with Gasteiger partial charge in [-0.05, 0) is 67.3 Å². The van der Waals surface area contributed by atoms with Gasteiger partial charge in [-0.25, -0.2) is 4.68 Å². The summed E-state index contributed by atoms with van der Waals surface area (Å²) in [5, 5.41) is 13.1. The van der Waals surface area contributed by atoms with Crippen molar-refractivity contribution in [3.63, 3.8) is 0 Å². The molecular weight excluding hydrogens is 525 g/mol. The number of nitrogens with one attached hydrogen (secondary N) is 2. The normalized spacial score (nSPS) is 14.8. The number of carbonyl (C=O) groups excluding carboxylic acids is 1. The molecule has 6 nitrogen and oxygen atoms in total. The number of fused-ring (bicyclic) bond motifs is 1. The van der Waals surface area contributed by atoms with Gasteiger partial charge in [0.2, 0.25) is 11.1 Å². The zero-order chi connectivity index (χ0) is 26.1. The van der Waals surface area contributed by atoms with Gasteiger partial charge in [0.1, 0.15) is 6.04 Å². The van der Waals surface area contributed by atoms with E-state index < -0.39 is 6.04 Å². The quantitative estimate of drug-likeness (QED) is 0.245. The first kappa shape index (κ1) is 25.4. The van der Waals surface area contributed by atoms with Gasteiger partial charge in [0.05, 0.1) is 5.57 Å². The first-order chi connectivity index (χ1) is 17.8. The summed E-state index contributed by atoms with van der Waals surface area (Å²) in [6.45, 7) is 5.91. The van der Waals surface area contributed by atoms with E-state index in [2.05, 4.69) is 10.6 Å². The first-order valence-electron chi connectivity index (χ1n) is 11.8. The standard InChI is InChI=1S/C28H25Cl2N5OS/c1-16-7-6-10-23(17(16)2)32-26(36)24-18(3)31-27-33-28(37-15-20-8-4-5-9-22(20)30)34-35(27)25(24)19-11-13-21(29)14-12-19/h4-14,25H,15H2,1-3H3,(H,32,36)(H,31,33,34). The Kier molecular flexibility index (Phi) is 7.29. The van der Waals surface area contributed by atoms with Crippen LogP contribution in [0.4, 0.5) is 11.6 Å². The maximum atomic E-state index is 13.7. The van der Waals surface area contributed by atoms with Crippen molar-refractivity contribution < 1.29 is 4.79 Å². The highest BCUT2D eigenvalue weighted by atomic mass is 35.5. The zero-order valence-corrected chi connectivity index (χ0v) is 22.9. The van der Waals surface area contributed by atoms with Crippen LogP contribution in [0, 0.1) is 13.8 Å². The number of hydrogen-bond donors (Lipinski definition) is 2. The maximum Gasteiger partial charge on any atom is 0.255 e. The van der Waals surface area contributed by atoms with Crippen molar-refractivity contribution in [3.8, 4) is 0 Å². The van der Waals surface area contributed by atoms with E-state index in [1.807, 2.05) is 87.5 Å². The van der Waals surface area contributed by atoms with Gasteiger partial charge in [-0.15, -0.1) is 5.10 Å². The number of hydrogen-bond acceptors (Lipinski definition) is 5. The van der Waals surface area contributed by atoms with Crippen molar-refractivity contribution >= 4 is 52.5 Å². The van der Waals surface area contributed by atoms with Gasteiger partial charge in [0.15, 0.2) is 0 Å². The average Bonchev–Trinajstić information content (AvgIpc) is 3.28. The summed E-state index contributed by atoms with van der Waals surface area (Å²) in [4.78, 5) is 18.5. The lowest BCUT2D eigenvalue weighted by atomic mass is 9.95. The molecule has 4 aromatic rings. The van der Waals surface area contributed by atoms with Crippen molar-refractivity contribution in [1.82, 2.24) is 14.8 Å². The molecule has 1 amide bonds. The SMILES string of the molecule is CC1=C(C(=O)Nc2cccc(C)c2C)C(c2ccc(Cl)cc2)n2nc(SCc3ccccc3Cl)nc2N1. The van der Waals surface area contributed by atoms with E-state index in [4.69, 9.17) is 33.3 Å². The van der Waals surface area contributed by atoms with Gasteiger partial charge in [-0.2, -0.15) is 4.98 Å². The second-order valence-electron chi connectivity index (χ2n) is 8.86. The molecule has 188 valence electrons. The molecule has 1 atom stereocenters. The fraction of sp³-hybridized carbons (Fsp3) is 0.179. The lowest BCUT2D eigenvalue weighted by molar-refractivity contribution is -0.113. The number of thioether (sulfide) groups is 1. The van der Waals surface area contributed by atoms with E-state index >= 15 is 0 Å². The molecule has 0 saturated heterocycles. The number of benzene rings is 3. The highest BCUT2D eigenvalue weighted by Gasteiger charge is 2.34. The first-order valence-corrected chi connectivity index (χ1v) is 13.5. The second kappa shape index (κ2) is 10.6. The van der Waals surface area contributed by atoms with Crippen molar-refractivity contribution in [2.75, 3.05) is 10.6 Å². The van der Waals surface area contributed by atoms with Crippen molar-refractivity contribution in [1.29, 1.82) is 0 Å². The van der Waals surface area contributed by atoms with Crippen LogP contribution < -0.4 is 10.6 Å². The molecule has 0 saturated carbocycles.